The van der Waals surface area contributed by atoms with Gasteiger partial charge in [0.1, 0.15) is 5.82 Å². The zero-order valence-electron chi connectivity index (χ0n) is 9.34. The summed E-state index contributed by atoms with van der Waals surface area (Å²) in [7, 11) is 1.91. The van der Waals surface area contributed by atoms with E-state index in [1.165, 1.54) is 6.07 Å². The summed E-state index contributed by atoms with van der Waals surface area (Å²) in [6.45, 7) is 0.900. The van der Waals surface area contributed by atoms with Crippen LogP contribution in [0.5, 0.6) is 0 Å². The Bertz CT molecular complexity index is 513. The molecule has 17 heavy (non-hydrogen) atoms. The molecule has 1 N–H and O–H groups in total. The SMILES string of the molecule is CNCCc1ncc(-c2ccc(F)c(Cl)c2)s1. The Hall–Kier alpha value is -0.970. The highest BCUT2D eigenvalue weighted by atomic mass is 35.5. The highest BCUT2D eigenvalue weighted by Crippen LogP contribution is 2.29. The second-order valence-electron chi connectivity index (χ2n) is 3.60. The maximum absolute atomic E-state index is 13.0. The van der Waals surface area contributed by atoms with Crippen LogP contribution in [0, 0.1) is 5.82 Å². The fraction of sp³-hybridized carbons (Fsp3) is 0.250. The van der Waals surface area contributed by atoms with E-state index in [0.717, 1.165) is 28.4 Å². The van der Waals surface area contributed by atoms with Gasteiger partial charge in [-0.1, -0.05) is 17.7 Å². The van der Waals surface area contributed by atoms with Crippen molar-refractivity contribution in [3.05, 3.63) is 40.2 Å². The molecule has 0 fully saturated rings. The second-order valence-corrected chi connectivity index (χ2v) is 5.12. The third-order valence-corrected chi connectivity index (χ3v) is 3.74. The van der Waals surface area contributed by atoms with Crippen molar-refractivity contribution in [2.75, 3.05) is 13.6 Å². The largest absolute Gasteiger partial charge is 0.319 e. The molecule has 90 valence electrons. The summed E-state index contributed by atoms with van der Waals surface area (Å²) in [5.41, 5.74) is 0.907. The van der Waals surface area contributed by atoms with Gasteiger partial charge in [-0.25, -0.2) is 9.37 Å². The summed E-state index contributed by atoms with van der Waals surface area (Å²) >= 11 is 7.36. The Morgan fingerprint density at radius 3 is 3.00 bits per heavy atom. The lowest BCUT2D eigenvalue weighted by Gasteiger charge is -1.98. The predicted molar refractivity (Wildman–Crippen MR) is 70.1 cm³/mol. The van der Waals surface area contributed by atoms with Gasteiger partial charge in [0.05, 0.1) is 14.9 Å². The van der Waals surface area contributed by atoms with E-state index in [1.807, 2.05) is 7.05 Å². The van der Waals surface area contributed by atoms with Crippen molar-refractivity contribution in [1.29, 1.82) is 0 Å². The van der Waals surface area contributed by atoms with Crippen LogP contribution in [0.25, 0.3) is 10.4 Å². The van der Waals surface area contributed by atoms with Crippen LogP contribution in [-0.2, 0) is 6.42 Å². The van der Waals surface area contributed by atoms with Crippen molar-refractivity contribution in [1.82, 2.24) is 10.3 Å². The third-order valence-electron chi connectivity index (χ3n) is 2.35. The summed E-state index contributed by atoms with van der Waals surface area (Å²) in [6.07, 6.45) is 2.70. The fourth-order valence-corrected chi connectivity index (χ4v) is 2.53. The predicted octanol–water partition coefficient (Wildman–Crippen LogP) is 3.36. The Labute approximate surface area is 108 Å². The normalized spacial score (nSPS) is 10.8. The summed E-state index contributed by atoms with van der Waals surface area (Å²) in [5.74, 6) is -0.393. The Morgan fingerprint density at radius 1 is 1.47 bits per heavy atom. The van der Waals surface area contributed by atoms with E-state index in [9.17, 15) is 4.39 Å². The van der Waals surface area contributed by atoms with Gasteiger partial charge in [0.15, 0.2) is 0 Å². The van der Waals surface area contributed by atoms with Crippen LogP contribution < -0.4 is 5.32 Å². The van der Waals surface area contributed by atoms with Crippen LogP contribution >= 0.6 is 22.9 Å². The number of benzene rings is 1. The molecule has 0 aliphatic rings. The molecule has 2 rings (SSSR count). The van der Waals surface area contributed by atoms with Crippen LogP contribution in [0.2, 0.25) is 5.02 Å². The average molecular weight is 271 g/mol. The van der Waals surface area contributed by atoms with Crippen molar-refractivity contribution in [2.24, 2.45) is 0 Å². The average Bonchev–Trinajstić information content (AvgIpc) is 2.79. The smallest absolute Gasteiger partial charge is 0.141 e. The zero-order valence-corrected chi connectivity index (χ0v) is 10.9. The van der Waals surface area contributed by atoms with Crippen LogP contribution in [0.4, 0.5) is 4.39 Å². The molecule has 0 bridgehead atoms. The van der Waals surface area contributed by atoms with Crippen molar-refractivity contribution in [2.45, 2.75) is 6.42 Å². The van der Waals surface area contributed by atoms with E-state index in [2.05, 4.69) is 10.3 Å². The van der Waals surface area contributed by atoms with E-state index in [4.69, 9.17) is 11.6 Å². The number of thiazole rings is 1. The molecule has 0 saturated carbocycles. The van der Waals surface area contributed by atoms with Gasteiger partial charge in [0.25, 0.3) is 0 Å². The van der Waals surface area contributed by atoms with Crippen molar-refractivity contribution >= 4 is 22.9 Å². The van der Waals surface area contributed by atoms with Crippen molar-refractivity contribution in [3.8, 4) is 10.4 Å². The minimum atomic E-state index is -0.393. The van der Waals surface area contributed by atoms with E-state index in [1.54, 1.807) is 29.7 Å². The van der Waals surface area contributed by atoms with Gasteiger partial charge in [0, 0.05) is 19.2 Å². The number of likely N-dealkylation sites (N-methyl/N-ethyl adjacent to an activating group) is 1. The quantitative estimate of drug-likeness (QED) is 0.921. The molecule has 0 saturated heterocycles. The molecular weight excluding hydrogens is 259 g/mol. The number of rotatable bonds is 4. The standard InChI is InChI=1S/C12H12ClFN2S/c1-15-5-4-12-16-7-11(17-12)8-2-3-10(14)9(13)6-8/h2-3,6-7,15H,4-5H2,1H3. The first-order valence-corrected chi connectivity index (χ1v) is 6.45. The van der Waals surface area contributed by atoms with Gasteiger partial charge in [-0.05, 0) is 24.7 Å². The highest BCUT2D eigenvalue weighted by molar-refractivity contribution is 7.15. The second kappa shape index (κ2) is 5.58. The van der Waals surface area contributed by atoms with E-state index >= 15 is 0 Å². The van der Waals surface area contributed by atoms with Crippen molar-refractivity contribution in [3.63, 3.8) is 0 Å². The zero-order chi connectivity index (χ0) is 12.3. The number of halogens is 2. The van der Waals surface area contributed by atoms with E-state index < -0.39 is 5.82 Å². The lowest BCUT2D eigenvalue weighted by molar-refractivity contribution is 0.628. The van der Waals surface area contributed by atoms with Crippen LogP contribution in [0.3, 0.4) is 0 Å². The van der Waals surface area contributed by atoms with Gasteiger partial charge in [0.2, 0.25) is 0 Å². The van der Waals surface area contributed by atoms with Crippen LogP contribution in [0.15, 0.2) is 24.4 Å². The molecule has 1 aromatic heterocycles. The molecule has 1 aromatic carbocycles. The van der Waals surface area contributed by atoms with E-state index in [0.29, 0.717) is 0 Å². The van der Waals surface area contributed by atoms with Gasteiger partial charge < -0.3 is 5.32 Å². The van der Waals surface area contributed by atoms with Crippen LogP contribution in [0.1, 0.15) is 5.01 Å². The maximum Gasteiger partial charge on any atom is 0.141 e. The number of aromatic nitrogens is 1. The third kappa shape index (κ3) is 3.03. The Kier molecular flexibility index (Phi) is 4.10. The molecular formula is C12H12ClFN2S. The summed E-state index contributed by atoms with van der Waals surface area (Å²) in [6, 6.07) is 4.73. The molecule has 0 aliphatic carbocycles. The number of nitrogens with zero attached hydrogens (tertiary/aromatic N) is 1. The minimum absolute atomic E-state index is 0.146. The highest BCUT2D eigenvalue weighted by Gasteiger charge is 2.07. The lowest BCUT2D eigenvalue weighted by atomic mass is 10.2. The fourth-order valence-electron chi connectivity index (χ4n) is 1.44. The minimum Gasteiger partial charge on any atom is -0.319 e. The molecule has 0 aliphatic heterocycles. The Morgan fingerprint density at radius 2 is 2.29 bits per heavy atom. The maximum atomic E-state index is 13.0. The van der Waals surface area contributed by atoms with Gasteiger partial charge in [-0.3, -0.25) is 0 Å². The molecule has 0 atom stereocenters. The molecule has 0 unspecified atom stereocenters. The monoisotopic (exact) mass is 270 g/mol. The molecule has 2 aromatic rings. The van der Waals surface area contributed by atoms with Gasteiger partial charge in [-0.2, -0.15) is 0 Å². The number of nitrogens with one attached hydrogen (secondary N) is 1. The first kappa shape index (κ1) is 12.5. The topological polar surface area (TPSA) is 24.9 Å². The lowest BCUT2D eigenvalue weighted by Crippen LogP contribution is -2.09. The summed E-state index contributed by atoms with van der Waals surface area (Å²) in [4.78, 5) is 5.34. The molecule has 0 spiro atoms. The summed E-state index contributed by atoms with van der Waals surface area (Å²) < 4.78 is 13.0. The molecule has 1 heterocycles. The van der Waals surface area contributed by atoms with Gasteiger partial charge >= 0.3 is 0 Å². The van der Waals surface area contributed by atoms with Gasteiger partial charge in [-0.15, -0.1) is 11.3 Å². The molecule has 0 amide bonds. The molecule has 5 heteroatoms. The van der Waals surface area contributed by atoms with Crippen LogP contribution in [-0.4, -0.2) is 18.6 Å². The molecule has 0 radical (unpaired) electrons. The summed E-state index contributed by atoms with van der Waals surface area (Å²) in [5, 5.41) is 4.29. The van der Waals surface area contributed by atoms with E-state index in [-0.39, 0.29) is 5.02 Å². The molecule has 2 nitrogen and oxygen atoms in total. The van der Waals surface area contributed by atoms with Crippen molar-refractivity contribution < 1.29 is 4.39 Å². The first-order chi connectivity index (χ1) is 8.20. The number of hydrogen-bond donors (Lipinski definition) is 1. The first-order valence-electron chi connectivity index (χ1n) is 5.25. The number of hydrogen-bond acceptors (Lipinski definition) is 3. The Balaban J connectivity index is 2.21.